The highest BCUT2D eigenvalue weighted by Crippen LogP contribution is 2.34. The molecule has 1 atom stereocenters. The summed E-state index contributed by atoms with van der Waals surface area (Å²) in [5.74, 6) is 0. The molecule has 0 saturated carbocycles. The van der Waals surface area contributed by atoms with E-state index < -0.39 is 0 Å². The molecule has 0 radical (unpaired) electrons. The van der Waals surface area contributed by atoms with E-state index in [9.17, 15) is 0 Å². The standard InChI is InChI=1S/C25H28N6/c1-16(27)25-21-8-6-18(19(14-26)15-28-2)12-22(21)23(9-11-30-25)31-20-7-5-17-4-3-10-29-24(17)13-20/h3-8,10,12-15,23,26,28,30-31H,9,11,27H2,1-2H3/b19-15+,25-16-,26-14?. The summed E-state index contributed by atoms with van der Waals surface area (Å²) in [5, 5.41) is 19.2. The fourth-order valence-corrected chi connectivity index (χ4v) is 4.07. The Morgan fingerprint density at radius 3 is 2.87 bits per heavy atom. The first-order valence-corrected chi connectivity index (χ1v) is 10.4. The van der Waals surface area contributed by atoms with E-state index in [-0.39, 0.29) is 6.04 Å². The maximum Gasteiger partial charge on any atom is 0.0722 e. The van der Waals surface area contributed by atoms with Crippen molar-refractivity contribution in [3.8, 4) is 0 Å². The number of anilines is 1. The minimum Gasteiger partial charge on any atom is -0.401 e. The second-order valence-corrected chi connectivity index (χ2v) is 7.72. The Balaban J connectivity index is 1.79. The zero-order valence-corrected chi connectivity index (χ0v) is 17.9. The minimum atomic E-state index is 0.0852. The number of benzene rings is 2. The van der Waals surface area contributed by atoms with E-state index in [1.54, 1.807) is 0 Å². The number of aromatic nitrogens is 1. The molecule has 0 spiro atoms. The van der Waals surface area contributed by atoms with E-state index in [1.165, 1.54) is 6.21 Å². The summed E-state index contributed by atoms with van der Waals surface area (Å²) >= 11 is 0. The Bertz CT molecular complexity index is 1170. The average Bonchev–Trinajstić information content (AvgIpc) is 2.96. The van der Waals surface area contributed by atoms with Crippen LogP contribution in [0.2, 0.25) is 0 Å². The highest BCUT2D eigenvalue weighted by atomic mass is 15.0. The molecule has 6 N–H and O–H groups in total. The predicted molar refractivity (Wildman–Crippen MR) is 130 cm³/mol. The van der Waals surface area contributed by atoms with Gasteiger partial charge >= 0.3 is 0 Å². The van der Waals surface area contributed by atoms with Crippen molar-refractivity contribution in [1.29, 1.82) is 5.41 Å². The van der Waals surface area contributed by atoms with Gasteiger partial charge in [0.05, 0.1) is 17.3 Å². The van der Waals surface area contributed by atoms with E-state index in [0.717, 1.165) is 63.2 Å². The van der Waals surface area contributed by atoms with E-state index in [4.69, 9.17) is 11.1 Å². The van der Waals surface area contributed by atoms with Crippen LogP contribution in [0.1, 0.15) is 36.1 Å². The monoisotopic (exact) mass is 412 g/mol. The maximum absolute atomic E-state index is 7.80. The molecule has 3 aromatic rings. The highest BCUT2D eigenvalue weighted by Gasteiger charge is 2.23. The van der Waals surface area contributed by atoms with Crippen molar-refractivity contribution in [2.24, 2.45) is 5.73 Å². The van der Waals surface area contributed by atoms with Gasteiger partial charge in [0, 0.05) is 60.1 Å². The van der Waals surface area contributed by atoms with Crippen LogP contribution in [0.3, 0.4) is 0 Å². The van der Waals surface area contributed by atoms with Gasteiger partial charge in [0.15, 0.2) is 0 Å². The summed E-state index contributed by atoms with van der Waals surface area (Å²) < 4.78 is 0. The van der Waals surface area contributed by atoms with Gasteiger partial charge in [0.25, 0.3) is 0 Å². The lowest BCUT2D eigenvalue weighted by molar-refractivity contribution is 0.683. The highest BCUT2D eigenvalue weighted by molar-refractivity contribution is 6.08. The van der Waals surface area contributed by atoms with E-state index in [2.05, 4.69) is 57.3 Å². The molecule has 158 valence electrons. The van der Waals surface area contributed by atoms with Crippen LogP contribution in [-0.2, 0) is 0 Å². The molecule has 4 rings (SSSR count). The Hall–Kier alpha value is -3.80. The zero-order valence-electron chi connectivity index (χ0n) is 17.9. The average molecular weight is 413 g/mol. The molecule has 2 heterocycles. The first-order chi connectivity index (χ1) is 15.1. The normalized spacial score (nSPS) is 17.9. The van der Waals surface area contributed by atoms with Crippen molar-refractivity contribution in [1.82, 2.24) is 15.6 Å². The second kappa shape index (κ2) is 8.92. The molecule has 0 saturated heterocycles. The molecule has 0 amide bonds. The van der Waals surface area contributed by atoms with Crippen LogP contribution >= 0.6 is 0 Å². The maximum atomic E-state index is 7.80. The first kappa shape index (κ1) is 20.5. The fraction of sp³-hybridized carbons (Fsp3) is 0.200. The molecule has 6 heteroatoms. The SMILES string of the molecule is CN/C=C(\C=N)c1ccc2c(c1)C(Nc1ccc3cccnc3c1)CCN/C2=C(/C)N. The largest absolute Gasteiger partial charge is 0.401 e. The van der Waals surface area contributed by atoms with Gasteiger partial charge in [-0.25, -0.2) is 0 Å². The van der Waals surface area contributed by atoms with Gasteiger partial charge in [0.2, 0.25) is 0 Å². The lowest BCUT2D eigenvalue weighted by atomic mass is 9.92. The van der Waals surface area contributed by atoms with Crippen molar-refractivity contribution < 1.29 is 0 Å². The second-order valence-electron chi connectivity index (χ2n) is 7.72. The Morgan fingerprint density at radius 2 is 2.10 bits per heavy atom. The van der Waals surface area contributed by atoms with Gasteiger partial charge < -0.3 is 27.1 Å². The number of fused-ring (bicyclic) bond motifs is 2. The number of hydrogen-bond acceptors (Lipinski definition) is 6. The van der Waals surface area contributed by atoms with Crippen LogP contribution in [0.4, 0.5) is 5.69 Å². The van der Waals surface area contributed by atoms with Crippen molar-refractivity contribution >= 4 is 34.1 Å². The van der Waals surface area contributed by atoms with Crippen LogP contribution < -0.4 is 21.7 Å². The Kier molecular flexibility index (Phi) is 5.89. The number of nitrogens with one attached hydrogen (secondary N) is 4. The number of pyridine rings is 1. The molecule has 0 bridgehead atoms. The van der Waals surface area contributed by atoms with E-state index in [0.29, 0.717) is 0 Å². The van der Waals surface area contributed by atoms with Crippen LogP contribution in [0.5, 0.6) is 0 Å². The third-order valence-electron chi connectivity index (χ3n) is 5.56. The first-order valence-electron chi connectivity index (χ1n) is 10.4. The lowest BCUT2D eigenvalue weighted by Crippen LogP contribution is -2.16. The van der Waals surface area contributed by atoms with Gasteiger partial charge in [-0.2, -0.15) is 0 Å². The molecule has 0 aliphatic carbocycles. The van der Waals surface area contributed by atoms with Gasteiger partial charge in [-0.05, 0) is 48.7 Å². The van der Waals surface area contributed by atoms with E-state index >= 15 is 0 Å². The third kappa shape index (κ3) is 4.23. The number of rotatable bonds is 5. The molecule has 1 unspecified atom stereocenters. The number of allylic oxidation sites excluding steroid dienone is 2. The molecule has 31 heavy (non-hydrogen) atoms. The van der Waals surface area contributed by atoms with Gasteiger partial charge in [0.1, 0.15) is 0 Å². The van der Waals surface area contributed by atoms with Gasteiger partial charge in [-0.3, -0.25) is 4.98 Å². The van der Waals surface area contributed by atoms with Gasteiger partial charge in [-0.15, -0.1) is 0 Å². The van der Waals surface area contributed by atoms with Crippen LogP contribution in [-0.4, -0.2) is 24.8 Å². The summed E-state index contributed by atoms with van der Waals surface area (Å²) in [4.78, 5) is 4.49. The molecule has 1 aliphatic rings. The topological polar surface area (TPSA) is 98.8 Å². The number of hydrogen-bond donors (Lipinski definition) is 5. The molecular weight excluding hydrogens is 384 g/mol. The third-order valence-corrected chi connectivity index (χ3v) is 5.56. The van der Waals surface area contributed by atoms with Crippen LogP contribution in [0.25, 0.3) is 22.2 Å². The summed E-state index contributed by atoms with van der Waals surface area (Å²) in [5.41, 5.74) is 14.0. The number of nitrogens with zero attached hydrogens (tertiary/aromatic N) is 1. The number of nitrogens with two attached hydrogens (primary N) is 1. The Morgan fingerprint density at radius 1 is 1.23 bits per heavy atom. The van der Waals surface area contributed by atoms with Gasteiger partial charge in [-0.1, -0.05) is 24.3 Å². The fourth-order valence-electron chi connectivity index (χ4n) is 4.07. The van der Waals surface area contributed by atoms with Crippen LogP contribution in [0, 0.1) is 5.41 Å². The summed E-state index contributed by atoms with van der Waals surface area (Å²) in [6.45, 7) is 2.73. The van der Waals surface area contributed by atoms with Crippen LogP contribution in [0.15, 0.2) is 66.6 Å². The lowest BCUT2D eigenvalue weighted by Gasteiger charge is -2.22. The zero-order chi connectivity index (χ0) is 21.8. The summed E-state index contributed by atoms with van der Waals surface area (Å²) in [7, 11) is 1.84. The molecule has 1 aromatic heterocycles. The summed E-state index contributed by atoms with van der Waals surface area (Å²) in [6.07, 6.45) is 5.92. The van der Waals surface area contributed by atoms with Crippen molar-refractivity contribution in [3.63, 3.8) is 0 Å². The quantitative estimate of drug-likeness (QED) is 0.404. The molecule has 2 aromatic carbocycles. The molecule has 0 fully saturated rings. The minimum absolute atomic E-state index is 0.0852. The summed E-state index contributed by atoms with van der Waals surface area (Å²) in [6, 6.07) is 16.7. The molecule has 1 aliphatic heterocycles. The van der Waals surface area contributed by atoms with Crippen molar-refractivity contribution in [2.45, 2.75) is 19.4 Å². The molecule has 6 nitrogen and oxygen atoms in total. The van der Waals surface area contributed by atoms with Crippen molar-refractivity contribution in [3.05, 3.63) is 83.3 Å². The van der Waals surface area contributed by atoms with E-state index in [1.807, 2.05) is 38.5 Å². The van der Waals surface area contributed by atoms with Crippen molar-refractivity contribution in [2.75, 3.05) is 18.9 Å². The smallest absolute Gasteiger partial charge is 0.0722 e. The molecular formula is C25H28N6. The predicted octanol–water partition coefficient (Wildman–Crippen LogP) is 4.24. The Labute approximate surface area is 182 Å².